The lowest BCUT2D eigenvalue weighted by molar-refractivity contribution is -0.120. The molecule has 1 amide bonds. The summed E-state index contributed by atoms with van der Waals surface area (Å²) in [4.78, 5) is 17.8. The van der Waals surface area contributed by atoms with Gasteiger partial charge in [-0.05, 0) is 26.2 Å². The van der Waals surface area contributed by atoms with Gasteiger partial charge in [0.15, 0.2) is 0 Å². The lowest BCUT2D eigenvalue weighted by atomic mass is 10.2. The van der Waals surface area contributed by atoms with Gasteiger partial charge in [-0.2, -0.15) is 0 Å². The molecular formula is C13H16N4O2S. The maximum absolute atomic E-state index is 11.8. The van der Waals surface area contributed by atoms with Crippen LogP contribution in [0.5, 0.6) is 0 Å². The Kier molecular flexibility index (Phi) is 3.77. The highest BCUT2D eigenvalue weighted by molar-refractivity contribution is 7.11. The Morgan fingerprint density at radius 2 is 2.30 bits per heavy atom. The van der Waals surface area contributed by atoms with E-state index in [4.69, 9.17) is 0 Å². The maximum atomic E-state index is 11.8. The van der Waals surface area contributed by atoms with Crippen LogP contribution in [0.15, 0.2) is 4.63 Å². The van der Waals surface area contributed by atoms with Crippen LogP contribution in [0.25, 0.3) is 0 Å². The van der Waals surface area contributed by atoms with Gasteiger partial charge in [-0.3, -0.25) is 4.79 Å². The molecule has 2 heterocycles. The topological polar surface area (TPSA) is 80.9 Å². The quantitative estimate of drug-likeness (QED) is 0.896. The third kappa shape index (κ3) is 2.87. The molecule has 0 unspecified atom stereocenters. The molecule has 0 bridgehead atoms. The molecule has 6 nitrogen and oxygen atoms in total. The number of rotatable bonds is 5. The second kappa shape index (κ2) is 5.70. The predicted molar refractivity (Wildman–Crippen MR) is 73.6 cm³/mol. The molecule has 20 heavy (non-hydrogen) atoms. The van der Waals surface area contributed by atoms with Gasteiger partial charge in [0.05, 0.1) is 17.1 Å². The number of fused-ring (bicyclic) bond motifs is 1. The minimum absolute atomic E-state index is 0.0621. The van der Waals surface area contributed by atoms with Crippen LogP contribution in [0.4, 0.5) is 0 Å². The van der Waals surface area contributed by atoms with Crippen LogP contribution in [-0.2, 0) is 30.5 Å². The van der Waals surface area contributed by atoms with Crippen molar-refractivity contribution >= 4 is 17.2 Å². The molecule has 0 fully saturated rings. The summed E-state index contributed by atoms with van der Waals surface area (Å²) in [5, 5.41) is 11.3. The number of nitrogens with zero attached hydrogens (tertiary/aromatic N) is 3. The van der Waals surface area contributed by atoms with Crippen LogP contribution in [0.3, 0.4) is 0 Å². The molecule has 1 aliphatic carbocycles. The molecule has 2 aromatic rings. The molecule has 0 radical (unpaired) electrons. The number of hydrogen-bond donors (Lipinski definition) is 1. The Bertz CT molecular complexity index is 598. The highest BCUT2D eigenvalue weighted by Crippen LogP contribution is 2.27. The van der Waals surface area contributed by atoms with Crippen LogP contribution in [0, 0.1) is 6.92 Å². The second-order valence-electron chi connectivity index (χ2n) is 4.90. The summed E-state index contributed by atoms with van der Waals surface area (Å²) in [5.74, 6) is -0.0621. The van der Waals surface area contributed by atoms with Crippen LogP contribution in [0.2, 0.25) is 0 Å². The molecule has 1 N–H and O–H groups in total. The SMILES string of the molecule is Cc1nonc1CC(=O)NCCc1nc2c(s1)CCC2. The molecule has 0 atom stereocenters. The highest BCUT2D eigenvalue weighted by Gasteiger charge is 2.16. The van der Waals surface area contributed by atoms with Crippen LogP contribution >= 0.6 is 11.3 Å². The Labute approximate surface area is 120 Å². The number of hydrogen-bond acceptors (Lipinski definition) is 6. The molecule has 7 heteroatoms. The van der Waals surface area contributed by atoms with E-state index in [1.165, 1.54) is 17.0 Å². The maximum Gasteiger partial charge on any atom is 0.226 e. The Hall–Kier alpha value is -1.76. The summed E-state index contributed by atoms with van der Waals surface area (Å²) < 4.78 is 4.57. The zero-order chi connectivity index (χ0) is 13.9. The third-order valence-electron chi connectivity index (χ3n) is 3.38. The first-order valence-corrected chi connectivity index (χ1v) is 7.56. The predicted octanol–water partition coefficient (Wildman–Crippen LogP) is 1.22. The van der Waals surface area contributed by atoms with Crippen molar-refractivity contribution in [3.8, 4) is 0 Å². The van der Waals surface area contributed by atoms with E-state index >= 15 is 0 Å². The normalized spacial score (nSPS) is 13.4. The average Bonchev–Trinajstić information content (AvgIpc) is 3.07. The van der Waals surface area contributed by atoms with E-state index < -0.39 is 0 Å². The van der Waals surface area contributed by atoms with Crippen LogP contribution < -0.4 is 5.32 Å². The van der Waals surface area contributed by atoms with Gasteiger partial charge in [0.2, 0.25) is 5.91 Å². The standard InChI is InChI=1S/C13H16N4O2S/c1-8-10(17-19-16-8)7-12(18)14-6-5-13-15-9-3-2-4-11(9)20-13/h2-7H2,1H3,(H,14,18). The lowest BCUT2D eigenvalue weighted by Crippen LogP contribution is -2.27. The van der Waals surface area contributed by atoms with Crippen molar-refractivity contribution in [3.63, 3.8) is 0 Å². The smallest absolute Gasteiger partial charge is 0.226 e. The molecular weight excluding hydrogens is 276 g/mol. The van der Waals surface area contributed by atoms with Crippen molar-refractivity contribution < 1.29 is 9.42 Å². The summed E-state index contributed by atoms with van der Waals surface area (Å²) in [5.41, 5.74) is 2.52. The van der Waals surface area contributed by atoms with Gasteiger partial charge >= 0.3 is 0 Å². The molecule has 3 rings (SSSR count). The van der Waals surface area contributed by atoms with Crippen LogP contribution in [0.1, 0.15) is 33.4 Å². The lowest BCUT2D eigenvalue weighted by Gasteiger charge is -2.02. The van der Waals surface area contributed by atoms with E-state index in [2.05, 4.69) is 25.2 Å². The van der Waals surface area contributed by atoms with Gasteiger partial charge in [0, 0.05) is 17.8 Å². The molecule has 1 aliphatic rings. The van der Waals surface area contributed by atoms with Gasteiger partial charge in [0.25, 0.3) is 0 Å². The zero-order valence-electron chi connectivity index (χ0n) is 11.3. The van der Waals surface area contributed by atoms with E-state index in [0.29, 0.717) is 17.9 Å². The van der Waals surface area contributed by atoms with Gasteiger partial charge in [-0.25, -0.2) is 9.61 Å². The summed E-state index contributed by atoms with van der Waals surface area (Å²) in [6, 6.07) is 0. The number of nitrogens with one attached hydrogen (secondary N) is 1. The first kappa shape index (κ1) is 13.2. The first-order chi connectivity index (χ1) is 9.72. The van der Waals surface area contributed by atoms with Gasteiger partial charge < -0.3 is 5.32 Å². The number of carbonyl (C=O) groups is 1. The number of thiazole rings is 1. The van der Waals surface area contributed by atoms with Crippen LogP contribution in [-0.4, -0.2) is 27.7 Å². The fraction of sp³-hybridized carbons (Fsp3) is 0.538. The van der Waals surface area contributed by atoms with Crippen molar-refractivity contribution in [2.45, 2.75) is 39.0 Å². The van der Waals surface area contributed by atoms with E-state index in [0.717, 1.165) is 24.3 Å². The monoisotopic (exact) mass is 292 g/mol. The van der Waals surface area contributed by atoms with E-state index in [1.54, 1.807) is 18.3 Å². The zero-order valence-corrected chi connectivity index (χ0v) is 12.1. The van der Waals surface area contributed by atoms with E-state index in [-0.39, 0.29) is 12.3 Å². The molecule has 0 aliphatic heterocycles. The largest absolute Gasteiger partial charge is 0.355 e. The van der Waals surface area contributed by atoms with Gasteiger partial charge in [0.1, 0.15) is 11.4 Å². The van der Waals surface area contributed by atoms with Crippen molar-refractivity contribution in [1.82, 2.24) is 20.6 Å². The number of aromatic nitrogens is 3. The van der Waals surface area contributed by atoms with Crippen molar-refractivity contribution in [2.75, 3.05) is 6.54 Å². The molecule has 106 valence electrons. The molecule has 0 aromatic carbocycles. The summed E-state index contributed by atoms with van der Waals surface area (Å²) in [7, 11) is 0. The molecule has 0 saturated heterocycles. The fourth-order valence-corrected chi connectivity index (χ4v) is 3.44. The molecule has 2 aromatic heterocycles. The van der Waals surface area contributed by atoms with Crippen molar-refractivity contribution in [1.29, 1.82) is 0 Å². The van der Waals surface area contributed by atoms with E-state index in [1.807, 2.05) is 0 Å². The summed E-state index contributed by atoms with van der Waals surface area (Å²) in [6.07, 6.45) is 4.51. The fourth-order valence-electron chi connectivity index (χ4n) is 2.28. The average molecular weight is 292 g/mol. The third-order valence-corrected chi connectivity index (χ3v) is 4.59. The highest BCUT2D eigenvalue weighted by atomic mass is 32.1. The second-order valence-corrected chi connectivity index (χ2v) is 6.07. The minimum Gasteiger partial charge on any atom is -0.355 e. The summed E-state index contributed by atoms with van der Waals surface area (Å²) >= 11 is 1.78. The number of carbonyl (C=O) groups excluding carboxylic acids is 1. The van der Waals surface area contributed by atoms with Crippen molar-refractivity contribution in [2.24, 2.45) is 0 Å². The Morgan fingerprint density at radius 3 is 3.05 bits per heavy atom. The Balaban J connectivity index is 1.45. The van der Waals surface area contributed by atoms with Gasteiger partial charge in [-0.15, -0.1) is 11.3 Å². The van der Waals surface area contributed by atoms with Crippen molar-refractivity contribution in [3.05, 3.63) is 27.0 Å². The number of amides is 1. The van der Waals surface area contributed by atoms with Gasteiger partial charge in [-0.1, -0.05) is 10.3 Å². The Morgan fingerprint density at radius 1 is 1.40 bits per heavy atom. The summed E-state index contributed by atoms with van der Waals surface area (Å²) in [6.45, 7) is 2.38. The van der Waals surface area contributed by atoms with E-state index in [9.17, 15) is 4.79 Å². The first-order valence-electron chi connectivity index (χ1n) is 6.74. The minimum atomic E-state index is -0.0621. The molecule has 0 spiro atoms. The number of aryl methyl sites for hydroxylation is 3. The molecule has 0 saturated carbocycles.